The number of halogens is 1. The number of hydrogen-bond acceptors (Lipinski definition) is 5. The van der Waals surface area contributed by atoms with Crippen molar-refractivity contribution in [3.05, 3.63) is 76.3 Å². The third-order valence-corrected chi connectivity index (χ3v) is 5.31. The molecule has 0 saturated carbocycles. The summed E-state index contributed by atoms with van der Waals surface area (Å²) in [6.07, 6.45) is 0. The van der Waals surface area contributed by atoms with Crippen LogP contribution in [0.15, 0.2) is 48.5 Å². The zero-order valence-corrected chi connectivity index (χ0v) is 18.7. The summed E-state index contributed by atoms with van der Waals surface area (Å²) in [6.45, 7) is 7.95. The van der Waals surface area contributed by atoms with Gasteiger partial charge in [-0.25, -0.2) is 0 Å². The number of rotatable bonds is 9. The van der Waals surface area contributed by atoms with Crippen LogP contribution in [0.2, 0.25) is 5.02 Å². The van der Waals surface area contributed by atoms with Gasteiger partial charge < -0.3 is 5.32 Å². The third-order valence-electron chi connectivity index (χ3n) is 5.08. The van der Waals surface area contributed by atoms with Crippen molar-refractivity contribution in [3.63, 3.8) is 0 Å². The largest absolute Gasteiger partial charge is 0.348 e. The van der Waals surface area contributed by atoms with Crippen molar-refractivity contribution in [2.45, 2.75) is 27.3 Å². The molecule has 7 nitrogen and oxygen atoms in total. The molecule has 0 aliphatic heterocycles. The topological polar surface area (TPSA) is 80.1 Å². The van der Waals surface area contributed by atoms with Crippen LogP contribution in [0.5, 0.6) is 0 Å². The molecule has 3 rings (SSSR count). The van der Waals surface area contributed by atoms with Gasteiger partial charge in [0.15, 0.2) is 11.6 Å². The molecule has 0 spiro atoms. The maximum Gasteiger partial charge on any atom is 0.234 e. The van der Waals surface area contributed by atoms with E-state index in [2.05, 4.69) is 15.5 Å². The minimum Gasteiger partial charge on any atom is -0.348 e. The van der Waals surface area contributed by atoms with Gasteiger partial charge >= 0.3 is 0 Å². The molecule has 0 unspecified atom stereocenters. The lowest BCUT2D eigenvalue weighted by molar-refractivity contribution is -0.122. The highest BCUT2D eigenvalue weighted by Crippen LogP contribution is 2.24. The van der Waals surface area contributed by atoms with Crippen LogP contribution in [0.4, 0.5) is 0 Å². The SMILES string of the molecule is CCN(CC)CC(=O)NCc1nnc(C)n1-c1ccc(Cl)cc1C(=O)c1ccccc1. The summed E-state index contributed by atoms with van der Waals surface area (Å²) in [5.74, 6) is 0.905. The van der Waals surface area contributed by atoms with Crippen molar-refractivity contribution in [1.29, 1.82) is 0 Å². The van der Waals surface area contributed by atoms with E-state index in [1.165, 1.54) is 0 Å². The molecule has 3 aromatic rings. The molecule has 0 aliphatic carbocycles. The molecule has 0 aliphatic rings. The Hall–Kier alpha value is -3.03. The van der Waals surface area contributed by atoms with Gasteiger partial charge in [0.05, 0.1) is 18.8 Å². The van der Waals surface area contributed by atoms with E-state index in [4.69, 9.17) is 11.6 Å². The molecule has 0 fully saturated rings. The van der Waals surface area contributed by atoms with E-state index >= 15 is 0 Å². The third kappa shape index (κ3) is 5.37. The van der Waals surface area contributed by atoms with E-state index in [1.54, 1.807) is 41.8 Å². The number of carbonyl (C=O) groups excluding carboxylic acids is 2. The zero-order chi connectivity index (χ0) is 22.4. The molecule has 31 heavy (non-hydrogen) atoms. The van der Waals surface area contributed by atoms with Crippen LogP contribution >= 0.6 is 11.6 Å². The van der Waals surface area contributed by atoms with Crippen LogP contribution in [0.1, 0.15) is 41.4 Å². The first-order valence-electron chi connectivity index (χ1n) is 10.2. The summed E-state index contributed by atoms with van der Waals surface area (Å²) >= 11 is 6.21. The fourth-order valence-electron chi connectivity index (χ4n) is 3.35. The van der Waals surface area contributed by atoms with E-state index < -0.39 is 0 Å². The van der Waals surface area contributed by atoms with Crippen LogP contribution in [-0.4, -0.2) is 51.0 Å². The number of aryl methyl sites for hydroxylation is 1. The number of benzene rings is 2. The van der Waals surface area contributed by atoms with Crippen molar-refractivity contribution in [2.75, 3.05) is 19.6 Å². The molecule has 0 atom stereocenters. The highest BCUT2D eigenvalue weighted by molar-refractivity contribution is 6.31. The summed E-state index contributed by atoms with van der Waals surface area (Å²) in [5, 5.41) is 11.7. The van der Waals surface area contributed by atoms with Crippen molar-refractivity contribution >= 4 is 23.3 Å². The Kier molecular flexibility index (Phi) is 7.55. The Morgan fingerprint density at radius 3 is 2.45 bits per heavy atom. The van der Waals surface area contributed by atoms with E-state index in [-0.39, 0.29) is 18.2 Å². The summed E-state index contributed by atoms with van der Waals surface area (Å²) < 4.78 is 1.78. The predicted octanol–water partition coefficient (Wildman–Crippen LogP) is 3.42. The lowest BCUT2D eigenvalue weighted by atomic mass is 10.0. The van der Waals surface area contributed by atoms with Gasteiger partial charge in [-0.15, -0.1) is 10.2 Å². The molecule has 0 bridgehead atoms. The van der Waals surface area contributed by atoms with Crippen molar-refractivity contribution in [3.8, 4) is 5.69 Å². The van der Waals surface area contributed by atoms with E-state index in [9.17, 15) is 9.59 Å². The van der Waals surface area contributed by atoms with Gasteiger partial charge in [-0.3, -0.25) is 19.1 Å². The lowest BCUT2D eigenvalue weighted by Crippen LogP contribution is -2.37. The molecule has 1 amide bonds. The van der Waals surface area contributed by atoms with Gasteiger partial charge in [0.25, 0.3) is 0 Å². The molecule has 0 radical (unpaired) electrons. The number of aromatic nitrogens is 3. The van der Waals surface area contributed by atoms with Gasteiger partial charge in [0.1, 0.15) is 5.82 Å². The normalized spacial score (nSPS) is 11.0. The van der Waals surface area contributed by atoms with Crippen molar-refractivity contribution in [1.82, 2.24) is 25.0 Å². The summed E-state index contributed by atoms with van der Waals surface area (Å²) in [7, 11) is 0. The van der Waals surface area contributed by atoms with Crippen molar-refractivity contribution < 1.29 is 9.59 Å². The molecule has 1 N–H and O–H groups in total. The Morgan fingerprint density at radius 1 is 1.06 bits per heavy atom. The van der Waals surface area contributed by atoms with Crippen LogP contribution in [0, 0.1) is 6.92 Å². The monoisotopic (exact) mass is 439 g/mol. The van der Waals surface area contributed by atoms with Gasteiger partial charge in [-0.05, 0) is 38.2 Å². The maximum atomic E-state index is 13.2. The highest BCUT2D eigenvalue weighted by Gasteiger charge is 2.20. The van der Waals surface area contributed by atoms with Gasteiger partial charge in [-0.2, -0.15) is 0 Å². The predicted molar refractivity (Wildman–Crippen MR) is 121 cm³/mol. The van der Waals surface area contributed by atoms with Gasteiger partial charge in [0, 0.05) is 16.1 Å². The van der Waals surface area contributed by atoms with E-state index in [1.807, 2.05) is 36.9 Å². The Bertz CT molecular complexity index is 1060. The molecule has 162 valence electrons. The first kappa shape index (κ1) is 22.7. The highest BCUT2D eigenvalue weighted by atomic mass is 35.5. The molecule has 0 saturated heterocycles. The lowest BCUT2D eigenvalue weighted by Gasteiger charge is -2.17. The average Bonchev–Trinajstić information content (AvgIpc) is 3.16. The van der Waals surface area contributed by atoms with Crippen LogP contribution in [0.3, 0.4) is 0 Å². The smallest absolute Gasteiger partial charge is 0.234 e. The van der Waals surface area contributed by atoms with Crippen LogP contribution in [-0.2, 0) is 11.3 Å². The van der Waals surface area contributed by atoms with Crippen LogP contribution < -0.4 is 5.32 Å². The second kappa shape index (κ2) is 10.3. The maximum absolute atomic E-state index is 13.2. The minimum absolute atomic E-state index is 0.0902. The number of ketones is 1. The van der Waals surface area contributed by atoms with Crippen LogP contribution in [0.25, 0.3) is 5.69 Å². The first-order chi connectivity index (χ1) is 14.9. The Labute approximate surface area is 187 Å². The number of hydrogen-bond donors (Lipinski definition) is 1. The van der Waals surface area contributed by atoms with Gasteiger partial charge in [0.2, 0.25) is 5.91 Å². The molecule has 1 aromatic heterocycles. The number of amides is 1. The fraction of sp³-hybridized carbons (Fsp3) is 0.304. The first-order valence-corrected chi connectivity index (χ1v) is 10.6. The standard InChI is InChI=1S/C23H26ClN5O2/c1-4-28(5-2)15-22(30)25-14-21-27-26-16(3)29(21)20-12-11-18(24)13-19(20)23(31)17-9-7-6-8-10-17/h6-13H,4-5,14-15H2,1-3H3,(H,25,30). The Balaban J connectivity index is 1.91. The minimum atomic E-state index is -0.150. The zero-order valence-electron chi connectivity index (χ0n) is 17.9. The number of nitrogens with one attached hydrogen (secondary N) is 1. The van der Waals surface area contributed by atoms with E-state index in [0.29, 0.717) is 40.0 Å². The molecule has 1 heterocycles. The second-order valence-corrected chi connectivity index (χ2v) is 7.53. The van der Waals surface area contributed by atoms with E-state index in [0.717, 1.165) is 13.1 Å². The fourth-order valence-corrected chi connectivity index (χ4v) is 3.52. The summed E-state index contributed by atoms with van der Waals surface area (Å²) in [5.41, 5.74) is 1.62. The number of likely N-dealkylation sites (N-methyl/N-ethyl adjacent to an activating group) is 1. The summed E-state index contributed by atoms with van der Waals surface area (Å²) in [6, 6.07) is 14.2. The Morgan fingerprint density at radius 2 is 1.77 bits per heavy atom. The number of carbonyl (C=O) groups is 2. The van der Waals surface area contributed by atoms with Gasteiger partial charge in [-0.1, -0.05) is 55.8 Å². The summed E-state index contributed by atoms with van der Waals surface area (Å²) in [4.78, 5) is 27.6. The molecular formula is C23H26ClN5O2. The molecule has 8 heteroatoms. The second-order valence-electron chi connectivity index (χ2n) is 7.09. The molecular weight excluding hydrogens is 414 g/mol. The number of nitrogens with zero attached hydrogens (tertiary/aromatic N) is 4. The quantitative estimate of drug-likeness (QED) is 0.517. The van der Waals surface area contributed by atoms with Crippen molar-refractivity contribution in [2.24, 2.45) is 0 Å². The average molecular weight is 440 g/mol. The molecule has 2 aromatic carbocycles.